The van der Waals surface area contributed by atoms with Gasteiger partial charge in [0.25, 0.3) is 0 Å². The van der Waals surface area contributed by atoms with Crippen LogP contribution < -0.4 is 10.2 Å². The van der Waals surface area contributed by atoms with E-state index in [9.17, 15) is 0 Å². The molecule has 1 aliphatic carbocycles. The topological polar surface area (TPSA) is 15.3 Å². The van der Waals surface area contributed by atoms with Crippen LogP contribution in [-0.2, 0) is 13.0 Å². The minimum atomic E-state index is 0.728. The van der Waals surface area contributed by atoms with E-state index in [1.54, 1.807) is 0 Å². The Bertz CT molecular complexity index is 460. The summed E-state index contributed by atoms with van der Waals surface area (Å²) in [4.78, 5) is 2.39. The molecule has 3 rings (SSSR count). The van der Waals surface area contributed by atoms with Gasteiger partial charge in [-0.1, -0.05) is 12.1 Å². The minimum Gasteiger partial charge on any atom is -0.374 e. The number of hydrogen-bond donors (Lipinski definition) is 1. The molecule has 2 nitrogen and oxygen atoms in total. The van der Waals surface area contributed by atoms with Crippen molar-refractivity contribution >= 4 is 17.4 Å². The van der Waals surface area contributed by atoms with E-state index in [1.807, 2.05) is 11.8 Å². The Morgan fingerprint density at radius 3 is 3.05 bits per heavy atom. The SMILES string of the molecule is CSC1CCC(NCc2ccc3c(c2)CCCN3C)C1. The molecular weight excluding hydrogens is 264 g/mol. The van der Waals surface area contributed by atoms with E-state index in [1.165, 1.54) is 55.5 Å². The van der Waals surface area contributed by atoms with Gasteiger partial charge < -0.3 is 10.2 Å². The number of nitrogens with one attached hydrogen (secondary N) is 1. The van der Waals surface area contributed by atoms with Crippen LogP contribution in [-0.4, -0.2) is 31.1 Å². The molecule has 110 valence electrons. The van der Waals surface area contributed by atoms with Crippen LogP contribution in [0.15, 0.2) is 18.2 Å². The molecule has 20 heavy (non-hydrogen) atoms. The number of fused-ring (bicyclic) bond motifs is 1. The van der Waals surface area contributed by atoms with Crippen LogP contribution in [0.2, 0.25) is 0 Å². The molecule has 1 aliphatic heterocycles. The minimum absolute atomic E-state index is 0.728. The summed E-state index contributed by atoms with van der Waals surface area (Å²) in [5, 5.41) is 4.63. The molecule has 1 aromatic carbocycles. The molecule has 0 radical (unpaired) electrons. The molecule has 2 aliphatic rings. The van der Waals surface area contributed by atoms with E-state index in [4.69, 9.17) is 0 Å². The standard InChI is InChI=1S/C17H26N2S/c1-19-9-3-4-14-10-13(5-8-17(14)19)12-18-15-6-7-16(11-15)20-2/h5,8,10,15-16,18H,3-4,6-7,9,11-12H2,1-2H3. The van der Waals surface area contributed by atoms with Gasteiger partial charge >= 0.3 is 0 Å². The third kappa shape index (κ3) is 3.15. The number of hydrogen-bond acceptors (Lipinski definition) is 3. The summed E-state index contributed by atoms with van der Waals surface area (Å²) in [6.45, 7) is 2.23. The van der Waals surface area contributed by atoms with Gasteiger partial charge in [-0.15, -0.1) is 0 Å². The predicted octanol–water partition coefficient (Wildman–Crippen LogP) is 3.44. The molecule has 0 bridgehead atoms. The normalized spacial score (nSPS) is 25.8. The summed E-state index contributed by atoms with van der Waals surface area (Å²) in [7, 11) is 2.21. The first-order valence-corrected chi connectivity index (χ1v) is 9.14. The van der Waals surface area contributed by atoms with Gasteiger partial charge in [0, 0.05) is 37.1 Å². The third-order valence-electron chi connectivity index (χ3n) is 4.81. The highest BCUT2D eigenvalue weighted by molar-refractivity contribution is 7.99. The van der Waals surface area contributed by atoms with Gasteiger partial charge in [-0.05, 0) is 55.6 Å². The number of rotatable bonds is 4. The second-order valence-electron chi connectivity index (χ2n) is 6.24. The van der Waals surface area contributed by atoms with Gasteiger partial charge in [-0.25, -0.2) is 0 Å². The van der Waals surface area contributed by atoms with Crippen molar-refractivity contribution < 1.29 is 0 Å². The average Bonchev–Trinajstić information content (AvgIpc) is 2.93. The van der Waals surface area contributed by atoms with Crippen LogP contribution >= 0.6 is 11.8 Å². The first-order valence-electron chi connectivity index (χ1n) is 7.85. The lowest BCUT2D eigenvalue weighted by Crippen LogP contribution is -2.27. The third-order valence-corrected chi connectivity index (χ3v) is 5.90. The summed E-state index contributed by atoms with van der Waals surface area (Å²) >= 11 is 2.03. The van der Waals surface area contributed by atoms with Gasteiger partial charge in [-0.2, -0.15) is 11.8 Å². The fraction of sp³-hybridized carbons (Fsp3) is 0.647. The maximum atomic E-state index is 3.75. The van der Waals surface area contributed by atoms with Gasteiger partial charge in [-0.3, -0.25) is 0 Å². The zero-order valence-electron chi connectivity index (χ0n) is 12.7. The quantitative estimate of drug-likeness (QED) is 0.914. The fourth-order valence-electron chi connectivity index (χ4n) is 3.55. The number of aryl methyl sites for hydroxylation is 1. The van der Waals surface area contributed by atoms with Gasteiger partial charge in [0.05, 0.1) is 0 Å². The molecule has 0 aromatic heterocycles. The Kier molecular flexibility index (Phi) is 4.57. The van der Waals surface area contributed by atoms with E-state index < -0.39 is 0 Å². The molecule has 1 aromatic rings. The van der Waals surface area contributed by atoms with E-state index in [2.05, 4.69) is 41.7 Å². The van der Waals surface area contributed by atoms with Crippen LogP contribution in [0.4, 0.5) is 5.69 Å². The molecule has 0 saturated heterocycles. The predicted molar refractivity (Wildman–Crippen MR) is 89.8 cm³/mol. The fourth-order valence-corrected chi connectivity index (χ4v) is 4.35. The molecule has 2 unspecified atom stereocenters. The summed E-state index contributed by atoms with van der Waals surface area (Å²) < 4.78 is 0. The second kappa shape index (κ2) is 6.40. The smallest absolute Gasteiger partial charge is 0.0396 e. The Hall–Kier alpha value is -0.670. The molecule has 2 atom stereocenters. The lowest BCUT2D eigenvalue weighted by molar-refractivity contribution is 0.525. The summed E-state index contributed by atoms with van der Waals surface area (Å²) in [5.41, 5.74) is 4.42. The zero-order valence-corrected chi connectivity index (χ0v) is 13.5. The summed E-state index contributed by atoms with van der Waals surface area (Å²) in [5.74, 6) is 0. The Balaban J connectivity index is 1.58. The molecule has 1 fully saturated rings. The van der Waals surface area contributed by atoms with Gasteiger partial charge in [0.1, 0.15) is 0 Å². The van der Waals surface area contributed by atoms with Crippen molar-refractivity contribution in [1.29, 1.82) is 0 Å². The largest absolute Gasteiger partial charge is 0.374 e. The number of anilines is 1. The van der Waals surface area contributed by atoms with Crippen molar-refractivity contribution in [1.82, 2.24) is 5.32 Å². The lowest BCUT2D eigenvalue weighted by atomic mass is 9.99. The van der Waals surface area contributed by atoms with Crippen molar-refractivity contribution in [3.05, 3.63) is 29.3 Å². The molecule has 0 amide bonds. The number of benzene rings is 1. The van der Waals surface area contributed by atoms with Crippen molar-refractivity contribution in [2.24, 2.45) is 0 Å². The Morgan fingerprint density at radius 1 is 1.35 bits per heavy atom. The first-order chi connectivity index (χ1) is 9.76. The van der Waals surface area contributed by atoms with Crippen LogP contribution in [0.1, 0.15) is 36.8 Å². The summed E-state index contributed by atoms with van der Waals surface area (Å²) in [6, 6.07) is 7.75. The number of thioether (sulfide) groups is 1. The van der Waals surface area contributed by atoms with Crippen molar-refractivity contribution in [3.63, 3.8) is 0 Å². The molecule has 1 saturated carbocycles. The maximum absolute atomic E-state index is 3.75. The zero-order chi connectivity index (χ0) is 13.9. The second-order valence-corrected chi connectivity index (χ2v) is 7.37. The van der Waals surface area contributed by atoms with E-state index in [0.717, 1.165) is 17.8 Å². The maximum Gasteiger partial charge on any atom is 0.0396 e. The lowest BCUT2D eigenvalue weighted by Gasteiger charge is -2.28. The monoisotopic (exact) mass is 290 g/mol. The highest BCUT2D eigenvalue weighted by atomic mass is 32.2. The van der Waals surface area contributed by atoms with Gasteiger partial charge in [0.15, 0.2) is 0 Å². The van der Waals surface area contributed by atoms with Crippen LogP contribution in [0, 0.1) is 0 Å². The summed E-state index contributed by atoms with van der Waals surface area (Å²) in [6.07, 6.45) is 8.85. The number of nitrogens with zero attached hydrogens (tertiary/aromatic N) is 1. The Labute approximate surface area is 127 Å². The average molecular weight is 290 g/mol. The highest BCUT2D eigenvalue weighted by Gasteiger charge is 2.23. The molecule has 0 spiro atoms. The van der Waals surface area contributed by atoms with Crippen LogP contribution in [0.25, 0.3) is 0 Å². The highest BCUT2D eigenvalue weighted by Crippen LogP contribution is 2.29. The van der Waals surface area contributed by atoms with Crippen LogP contribution in [0.5, 0.6) is 0 Å². The van der Waals surface area contributed by atoms with Gasteiger partial charge in [0.2, 0.25) is 0 Å². The first kappa shape index (κ1) is 14.3. The van der Waals surface area contributed by atoms with E-state index >= 15 is 0 Å². The Morgan fingerprint density at radius 2 is 2.25 bits per heavy atom. The van der Waals surface area contributed by atoms with Crippen molar-refractivity contribution in [2.45, 2.75) is 49.9 Å². The van der Waals surface area contributed by atoms with Crippen molar-refractivity contribution in [3.8, 4) is 0 Å². The molecule has 3 heteroatoms. The molecule has 1 heterocycles. The molecular formula is C17H26N2S. The van der Waals surface area contributed by atoms with Crippen molar-refractivity contribution in [2.75, 3.05) is 24.7 Å². The van der Waals surface area contributed by atoms with Crippen LogP contribution in [0.3, 0.4) is 0 Å². The van der Waals surface area contributed by atoms with E-state index in [-0.39, 0.29) is 0 Å². The molecule has 1 N–H and O–H groups in total. The van der Waals surface area contributed by atoms with E-state index in [0.29, 0.717) is 0 Å².